The van der Waals surface area contributed by atoms with Crippen molar-refractivity contribution in [1.29, 1.82) is 0 Å². The van der Waals surface area contributed by atoms with Crippen LogP contribution < -0.4 is 9.46 Å². The Balaban J connectivity index is 1.38. The molecule has 5 fully saturated rings. The van der Waals surface area contributed by atoms with Gasteiger partial charge in [-0.05, 0) is 87.2 Å². The molecule has 0 spiro atoms. The Hall–Kier alpha value is -1.63. The van der Waals surface area contributed by atoms with E-state index in [4.69, 9.17) is 4.74 Å². The first-order valence-corrected chi connectivity index (χ1v) is 12.4. The third kappa shape index (κ3) is 3.45. The van der Waals surface area contributed by atoms with E-state index in [1.807, 2.05) is 4.72 Å². The molecule has 4 bridgehead atoms. The zero-order chi connectivity index (χ0) is 20.4. The number of amides is 1. The molecule has 0 radical (unpaired) electrons. The second-order valence-corrected chi connectivity index (χ2v) is 11.7. The van der Waals surface area contributed by atoms with Crippen LogP contribution in [0.15, 0.2) is 12.1 Å². The number of hydrogen-bond donors (Lipinski definition) is 1. The van der Waals surface area contributed by atoms with Gasteiger partial charge >= 0.3 is 0 Å². The number of hydrogen-bond acceptors (Lipinski definition) is 4. The molecule has 1 aromatic carbocycles. The lowest BCUT2D eigenvalue weighted by molar-refractivity contribution is 0.0975. The number of halogens is 1. The molecule has 5 aliphatic rings. The highest BCUT2D eigenvalue weighted by Gasteiger charge is 2.58. The SMILES string of the molecule is CCS(=O)(=O)NC(=O)c1cc(C2CC2)c(OCC23CC4CC(CC2C4)C3)cc1F. The van der Waals surface area contributed by atoms with Gasteiger partial charge in [0.25, 0.3) is 5.91 Å². The summed E-state index contributed by atoms with van der Waals surface area (Å²) in [5.74, 6) is 1.32. The molecular weight excluding hydrogens is 393 g/mol. The highest BCUT2D eigenvalue weighted by Crippen LogP contribution is 2.65. The smallest absolute Gasteiger partial charge is 0.267 e. The molecule has 1 amide bonds. The van der Waals surface area contributed by atoms with E-state index in [2.05, 4.69) is 0 Å². The minimum atomic E-state index is -3.74. The Labute approximate surface area is 171 Å². The maximum absolute atomic E-state index is 14.7. The molecule has 29 heavy (non-hydrogen) atoms. The Morgan fingerprint density at radius 3 is 2.52 bits per heavy atom. The van der Waals surface area contributed by atoms with Crippen LogP contribution in [-0.4, -0.2) is 26.7 Å². The third-order valence-corrected chi connectivity index (χ3v) is 8.92. The van der Waals surface area contributed by atoms with Crippen molar-refractivity contribution in [2.24, 2.45) is 23.2 Å². The maximum atomic E-state index is 14.7. The summed E-state index contributed by atoms with van der Waals surface area (Å²) < 4.78 is 46.3. The van der Waals surface area contributed by atoms with Crippen LogP contribution in [0.4, 0.5) is 4.39 Å². The summed E-state index contributed by atoms with van der Waals surface area (Å²) in [5.41, 5.74) is 0.852. The molecule has 6 rings (SSSR count). The number of carbonyl (C=O) groups is 1. The fourth-order valence-electron chi connectivity index (χ4n) is 6.27. The molecule has 0 aromatic heterocycles. The van der Waals surface area contributed by atoms with Gasteiger partial charge in [0.15, 0.2) is 0 Å². The normalized spacial score (nSPS) is 32.6. The van der Waals surface area contributed by atoms with Gasteiger partial charge in [0.2, 0.25) is 10.0 Å². The molecule has 158 valence electrons. The van der Waals surface area contributed by atoms with Gasteiger partial charge in [-0.3, -0.25) is 4.79 Å². The molecule has 7 heteroatoms. The topological polar surface area (TPSA) is 72.5 Å². The van der Waals surface area contributed by atoms with Gasteiger partial charge in [-0.1, -0.05) is 0 Å². The number of rotatable bonds is 7. The number of benzene rings is 1. The van der Waals surface area contributed by atoms with Gasteiger partial charge in [-0.2, -0.15) is 0 Å². The van der Waals surface area contributed by atoms with E-state index in [1.54, 1.807) is 0 Å². The van der Waals surface area contributed by atoms with Crippen molar-refractivity contribution in [1.82, 2.24) is 4.72 Å². The van der Waals surface area contributed by atoms with E-state index in [1.165, 1.54) is 51.2 Å². The highest BCUT2D eigenvalue weighted by molar-refractivity contribution is 7.90. The molecular formula is C22H28FNO4S. The van der Waals surface area contributed by atoms with E-state index in [0.717, 1.165) is 36.2 Å². The van der Waals surface area contributed by atoms with Gasteiger partial charge in [0, 0.05) is 11.5 Å². The first-order chi connectivity index (χ1) is 13.8. The standard InChI is InChI=1S/C22H28FNO4S/c1-2-29(26,27)24-21(25)18-8-17(15-3-4-15)20(9-19(18)23)28-12-22-10-13-5-14(11-22)7-16(22)6-13/h8-9,13-16H,2-7,10-12H2,1H3,(H,24,25). The first-order valence-electron chi connectivity index (χ1n) is 10.8. The van der Waals surface area contributed by atoms with Crippen molar-refractivity contribution in [2.75, 3.05) is 12.4 Å². The molecule has 5 nitrogen and oxygen atoms in total. The van der Waals surface area contributed by atoms with Crippen molar-refractivity contribution in [3.63, 3.8) is 0 Å². The Bertz CT molecular complexity index is 942. The molecule has 0 heterocycles. The summed E-state index contributed by atoms with van der Waals surface area (Å²) >= 11 is 0. The number of ether oxygens (including phenoxy) is 1. The van der Waals surface area contributed by atoms with Crippen LogP contribution in [0.2, 0.25) is 0 Å². The second kappa shape index (κ2) is 6.69. The molecule has 1 aromatic rings. The van der Waals surface area contributed by atoms with E-state index in [9.17, 15) is 17.6 Å². The Kier molecular flexibility index (Phi) is 4.46. The minimum absolute atomic E-state index is 0.227. The van der Waals surface area contributed by atoms with Crippen molar-refractivity contribution in [3.05, 3.63) is 29.1 Å². The molecule has 2 unspecified atom stereocenters. The Morgan fingerprint density at radius 2 is 1.90 bits per heavy atom. The average molecular weight is 422 g/mol. The molecule has 1 N–H and O–H groups in total. The van der Waals surface area contributed by atoms with Crippen molar-refractivity contribution < 1.29 is 22.3 Å². The summed E-state index contributed by atoms with van der Waals surface area (Å²) in [6.45, 7) is 2.06. The van der Waals surface area contributed by atoms with Crippen molar-refractivity contribution >= 4 is 15.9 Å². The quantitative estimate of drug-likeness (QED) is 0.723. The van der Waals surface area contributed by atoms with Gasteiger partial charge < -0.3 is 4.74 Å². The zero-order valence-electron chi connectivity index (χ0n) is 16.7. The third-order valence-electron chi connectivity index (χ3n) is 7.66. The predicted molar refractivity (Wildman–Crippen MR) is 107 cm³/mol. The Morgan fingerprint density at radius 1 is 1.21 bits per heavy atom. The van der Waals surface area contributed by atoms with Crippen LogP contribution in [-0.2, 0) is 10.0 Å². The summed E-state index contributed by atoms with van der Waals surface area (Å²) in [6.07, 6.45) is 8.41. The van der Waals surface area contributed by atoms with Gasteiger partial charge in [-0.15, -0.1) is 0 Å². The molecule has 2 atom stereocenters. The molecule has 0 aliphatic heterocycles. The summed E-state index contributed by atoms with van der Waals surface area (Å²) in [7, 11) is -3.74. The van der Waals surface area contributed by atoms with Gasteiger partial charge in [0.1, 0.15) is 11.6 Å². The van der Waals surface area contributed by atoms with Crippen LogP contribution in [0.5, 0.6) is 5.75 Å². The highest BCUT2D eigenvalue weighted by atomic mass is 32.2. The number of sulfonamides is 1. The first kappa shape index (κ1) is 19.3. The lowest BCUT2D eigenvalue weighted by Gasteiger charge is -2.33. The van der Waals surface area contributed by atoms with Crippen molar-refractivity contribution in [2.45, 2.75) is 57.8 Å². The zero-order valence-corrected chi connectivity index (χ0v) is 17.6. The molecule has 5 saturated carbocycles. The summed E-state index contributed by atoms with van der Waals surface area (Å²) in [6, 6.07) is 2.79. The monoisotopic (exact) mass is 421 g/mol. The van der Waals surface area contributed by atoms with Crippen LogP contribution in [0.3, 0.4) is 0 Å². The van der Waals surface area contributed by atoms with Crippen LogP contribution in [0, 0.1) is 29.0 Å². The maximum Gasteiger partial charge on any atom is 0.267 e. The number of nitrogens with one attached hydrogen (secondary N) is 1. The molecule has 5 aliphatic carbocycles. The van der Waals surface area contributed by atoms with E-state index >= 15 is 0 Å². The van der Waals surface area contributed by atoms with Gasteiger partial charge in [0.05, 0.1) is 17.9 Å². The lowest BCUT2D eigenvalue weighted by atomic mass is 9.76. The number of carbonyl (C=O) groups excluding carboxylic acids is 1. The summed E-state index contributed by atoms with van der Waals surface area (Å²) in [4.78, 5) is 12.3. The van der Waals surface area contributed by atoms with Crippen LogP contribution in [0.1, 0.15) is 73.7 Å². The largest absolute Gasteiger partial charge is 0.493 e. The van der Waals surface area contributed by atoms with Gasteiger partial charge in [-0.25, -0.2) is 17.5 Å². The summed E-state index contributed by atoms with van der Waals surface area (Å²) in [5, 5.41) is 0. The fraction of sp³-hybridized carbons (Fsp3) is 0.682. The lowest BCUT2D eigenvalue weighted by Crippen LogP contribution is -2.32. The minimum Gasteiger partial charge on any atom is -0.493 e. The predicted octanol–water partition coefficient (Wildman–Crippen LogP) is 3.99. The van der Waals surface area contributed by atoms with E-state index in [-0.39, 0.29) is 22.6 Å². The fourth-order valence-corrected chi connectivity index (χ4v) is 6.81. The molecule has 0 saturated heterocycles. The average Bonchev–Trinajstić information content (AvgIpc) is 3.43. The second-order valence-electron chi connectivity index (χ2n) is 9.67. The van der Waals surface area contributed by atoms with E-state index < -0.39 is 21.7 Å². The van der Waals surface area contributed by atoms with Crippen LogP contribution in [0.25, 0.3) is 0 Å². The van der Waals surface area contributed by atoms with Crippen molar-refractivity contribution in [3.8, 4) is 5.75 Å². The van der Waals surface area contributed by atoms with Crippen LogP contribution >= 0.6 is 0 Å². The van der Waals surface area contributed by atoms with E-state index in [0.29, 0.717) is 12.4 Å².